The number of urea groups is 1. The second-order valence-electron chi connectivity index (χ2n) is 0.820. The minimum Gasteiger partial charge on any atom is -0.351 e. The number of aldehydes is 1. The van der Waals surface area contributed by atoms with Crippen LogP contribution in [0.4, 0.5) is 4.79 Å². The van der Waals surface area contributed by atoms with Crippen molar-refractivity contribution in [3.63, 3.8) is 0 Å². The molecule has 2 amide bonds. The van der Waals surface area contributed by atoms with Crippen LogP contribution in [-0.2, 0) is 4.79 Å². The number of carbonyl (C=O) groups excluding carboxylic acids is 2. The molecule has 5 nitrogen and oxygen atoms in total. The van der Waals surface area contributed by atoms with Gasteiger partial charge in [-0.15, -0.1) is 0 Å². The highest BCUT2D eigenvalue weighted by Crippen LogP contribution is 1.68. The van der Waals surface area contributed by atoms with E-state index in [1.165, 1.54) is 6.92 Å². The van der Waals surface area contributed by atoms with Crippen molar-refractivity contribution in [2.75, 3.05) is 0 Å². The lowest BCUT2D eigenvalue weighted by molar-refractivity contribution is -0.106. The van der Waals surface area contributed by atoms with Crippen molar-refractivity contribution < 1.29 is 9.59 Å². The number of nitrogens with two attached hydrogens (primary N) is 2. The van der Waals surface area contributed by atoms with Crippen LogP contribution in [0.15, 0.2) is 0 Å². The van der Waals surface area contributed by atoms with E-state index >= 15 is 0 Å². The van der Waals surface area contributed by atoms with Crippen molar-refractivity contribution in [2.24, 2.45) is 10.9 Å². The van der Waals surface area contributed by atoms with Crippen LogP contribution in [0.1, 0.15) is 6.92 Å². The summed E-state index contributed by atoms with van der Waals surface area (Å²) in [5.74, 6) is 0. The average molecular weight is 151 g/mol. The van der Waals surface area contributed by atoms with Crippen molar-refractivity contribution in [3.05, 3.63) is 0 Å². The lowest BCUT2D eigenvalue weighted by Crippen LogP contribution is -2.24. The standard InChI is InChI=1S/C2H4O.CH5N3OS/c1-2-3;2-1(5)4-6-3/h2H,1H3;3H2,(H3,2,4,5). The molecule has 0 spiro atoms. The Morgan fingerprint density at radius 3 is 2.11 bits per heavy atom. The van der Waals surface area contributed by atoms with Gasteiger partial charge in [-0.1, -0.05) is 0 Å². The molecule has 5 N–H and O–H groups in total. The summed E-state index contributed by atoms with van der Waals surface area (Å²) in [6.07, 6.45) is 0.750. The predicted octanol–water partition coefficient (Wildman–Crippen LogP) is -0.618. The van der Waals surface area contributed by atoms with Gasteiger partial charge in [-0.05, 0) is 6.92 Å². The minimum absolute atomic E-state index is 0.623. The SMILES string of the molecule is CC=O.NSNC(N)=O. The molecule has 0 rings (SSSR count). The Labute approximate surface area is 57.4 Å². The number of hydrogen-bond acceptors (Lipinski definition) is 4. The van der Waals surface area contributed by atoms with E-state index < -0.39 is 6.03 Å². The summed E-state index contributed by atoms with van der Waals surface area (Å²) in [4.78, 5) is 18.4. The van der Waals surface area contributed by atoms with Gasteiger partial charge in [0.25, 0.3) is 0 Å². The summed E-state index contributed by atoms with van der Waals surface area (Å²) < 4.78 is 2.04. The number of primary amides is 1. The molecule has 0 fully saturated rings. The third kappa shape index (κ3) is 39.5. The molecule has 0 unspecified atom stereocenters. The zero-order valence-corrected chi connectivity index (χ0v) is 5.77. The van der Waals surface area contributed by atoms with Crippen molar-refractivity contribution in [1.82, 2.24) is 4.72 Å². The first-order valence-electron chi connectivity index (χ1n) is 2.00. The zero-order valence-electron chi connectivity index (χ0n) is 4.96. The smallest absolute Gasteiger partial charge is 0.323 e. The Morgan fingerprint density at radius 2 is 2.11 bits per heavy atom. The predicted molar refractivity (Wildman–Crippen MR) is 36.2 cm³/mol. The Kier molecular flexibility index (Phi) is 12.7. The second kappa shape index (κ2) is 10.3. The molecule has 6 heteroatoms. The molecule has 0 aromatic heterocycles. The van der Waals surface area contributed by atoms with Gasteiger partial charge in [0.1, 0.15) is 6.29 Å². The van der Waals surface area contributed by atoms with Crippen LogP contribution in [0.25, 0.3) is 0 Å². The average Bonchev–Trinajstić information content (AvgIpc) is 1.67. The van der Waals surface area contributed by atoms with Gasteiger partial charge in [0, 0.05) is 12.1 Å². The molecule has 54 valence electrons. The van der Waals surface area contributed by atoms with Crippen LogP contribution in [0.3, 0.4) is 0 Å². The van der Waals surface area contributed by atoms with E-state index in [4.69, 9.17) is 9.93 Å². The highest BCUT2D eigenvalue weighted by atomic mass is 32.2. The van der Waals surface area contributed by atoms with Crippen molar-refractivity contribution >= 4 is 24.5 Å². The van der Waals surface area contributed by atoms with Crippen molar-refractivity contribution in [2.45, 2.75) is 6.92 Å². The van der Waals surface area contributed by atoms with Gasteiger partial charge in [0.15, 0.2) is 0 Å². The molecule has 0 radical (unpaired) electrons. The highest BCUT2D eigenvalue weighted by Gasteiger charge is 1.81. The first kappa shape index (κ1) is 11.1. The van der Waals surface area contributed by atoms with E-state index in [2.05, 4.69) is 5.73 Å². The maximum atomic E-state index is 9.61. The first-order valence-corrected chi connectivity index (χ1v) is 2.88. The minimum atomic E-state index is -0.623. The normalized spacial score (nSPS) is 6.44. The largest absolute Gasteiger partial charge is 0.351 e. The number of amides is 2. The molecule has 0 aliphatic rings. The fourth-order valence-electron chi connectivity index (χ4n) is 0.0581. The van der Waals surface area contributed by atoms with Crippen LogP contribution in [0.5, 0.6) is 0 Å². The number of carbonyl (C=O) groups is 2. The second-order valence-corrected chi connectivity index (χ2v) is 1.26. The Morgan fingerprint density at radius 1 is 1.78 bits per heavy atom. The van der Waals surface area contributed by atoms with Crippen LogP contribution < -0.4 is 15.6 Å². The van der Waals surface area contributed by atoms with E-state index in [-0.39, 0.29) is 0 Å². The summed E-state index contributed by atoms with van der Waals surface area (Å²) in [7, 11) is 0. The molecule has 9 heavy (non-hydrogen) atoms. The zero-order chi connectivity index (χ0) is 7.70. The van der Waals surface area contributed by atoms with Gasteiger partial charge in [-0.3, -0.25) is 9.86 Å². The van der Waals surface area contributed by atoms with Gasteiger partial charge >= 0.3 is 6.03 Å². The molecule has 0 aromatic carbocycles. The highest BCUT2D eigenvalue weighted by molar-refractivity contribution is 7.95. The summed E-state index contributed by atoms with van der Waals surface area (Å²) in [6.45, 7) is 1.44. The third-order valence-electron chi connectivity index (χ3n) is 0.160. The fraction of sp³-hybridized carbons (Fsp3) is 0.333. The molecule has 0 heterocycles. The van der Waals surface area contributed by atoms with Gasteiger partial charge in [0.2, 0.25) is 0 Å². The lowest BCUT2D eigenvalue weighted by atomic mass is 11.0. The molecule has 0 atom stereocenters. The van der Waals surface area contributed by atoms with Crippen molar-refractivity contribution in [1.29, 1.82) is 0 Å². The van der Waals surface area contributed by atoms with Crippen molar-refractivity contribution in [3.8, 4) is 0 Å². The van der Waals surface area contributed by atoms with E-state index in [0.717, 1.165) is 6.29 Å². The van der Waals surface area contributed by atoms with Gasteiger partial charge < -0.3 is 10.5 Å². The third-order valence-corrected chi connectivity index (χ3v) is 0.479. The van der Waals surface area contributed by atoms with Gasteiger partial charge in [-0.25, -0.2) is 4.79 Å². The molecule has 0 aliphatic carbocycles. The Hall–Kier alpha value is -0.750. The van der Waals surface area contributed by atoms with E-state index in [0.29, 0.717) is 12.1 Å². The summed E-state index contributed by atoms with van der Waals surface area (Å²) in [6, 6.07) is -0.623. The van der Waals surface area contributed by atoms with E-state index in [1.807, 2.05) is 4.72 Å². The molecule has 0 bridgehead atoms. The first-order chi connectivity index (χ1) is 4.18. The summed E-state index contributed by atoms with van der Waals surface area (Å²) in [5.41, 5.74) is 4.55. The number of nitrogens with one attached hydrogen (secondary N) is 1. The van der Waals surface area contributed by atoms with Crippen LogP contribution in [-0.4, -0.2) is 12.3 Å². The van der Waals surface area contributed by atoms with E-state index in [1.54, 1.807) is 0 Å². The maximum Gasteiger partial charge on any atom is 0.323 e. The topological polar surface area (TPSA) is 98.2 Å². The fourth-order valence-corrected chi connectivity index (χ4v) is 0.174. The summed E-state index contributed by atoms with van der Waals surface area (Å²) in [5, 5.41) is 4.73. The van der Waals surface area contributed by atoms with Crippen LogP contribution in [0.2, 0.25) is 0 Å². The molecule has 0 saturated heterocycles. The van der Waals surface area contributed by atoms with Gasteiger partial charge in [0.05, 0.1) is 0 Å². The molecule has 0 saturated carbocycles. The molecule has 0 aliphatic heterocycles. The number of hydrogen-bond donors (Lipinski definition) is 3. The van der Waals surface area contributed by atoms with E-state index in [9.17, 15) is 4.79 Å². The Balaban J connectivity index is 0. The van der Waals surface area contributed by atoms with Gasteiger partial charge in [-0.2, -0.15) is 0 Å². The Bertz CT molecular complexity index is 87.1. The molecular weight excluding hydrogens is 142 g/mol. The molecule has 0 aromatic rings. The van der Waals surface area contributed by atoms with Crippen LogP contribution in [0, 0.1) is 0 Å². The monoisotopic (exact) mass is 151 g/mol. The maximum absolute atomic E-state index is 9.61. The summed E-state index contributed by atoms with van der Waals surface area (Å²) >= 11 is 0.685. The number of rotatable bonds is 1. The van der Waals surface area contributed by atoms with Crippen LogP contribution >= 0.6 is 12.1 Å². The molecular formula is C3H9N3O2S. The quantitative estimate of drug-likeness (QED) is 0.343. The lowest BCUT2D eigenvalue weighted by Gasteiger charge is -1.87.